The van der Waals surface area contributed by atoms with Crippen LogP contribution in [-0.4, -0.2) is 24.5 Å². The summed E-state index contributed by atoms with van der Waals surface area (Å²) in [4.78, 5) is 22.1. The molecule has 0 unspecified atom stereocenters. The number of hydrogen-bond acceptors (Lipinski definition) is 5. The number of anilines is 1. The maximum Gasteiger partial charge on any atom is 0.230 e. The molecule has 2 aromatic carbocycles. The summed E-state index contributed by atoms with van der Waals surface area (Å²) in [6, 6.07) is 17.6. The highest BCUT2D eigenvalue weighted by Crippen LogP contribution is 2.44. The van der Waals surface area contributed by atoms with E-state index in [9.17, 15) is 10.1 Å². The van der Waals surface area contributed by atoms with Crippen LogP contribution < -0.4 is 9.64 Å². The molecule has 0 bridgehead atoms. The number of benzene rings is 2. The van der Waals surface area contributed by atoms with Gasteiger partial charge in [-0.1, -0.05) is 24.3 Å². The Bertz CT molecular complexity index is 1400. The van der Waals surface area contributed by atoms with Gasteiger partial charge in [0.1, 0.15) is 5.75 Å². The van der Waals surface area contributed by atoms with Crippen LogP contribution in [0.5, 0.6) is 5.75 Å². The molecule has 1 amide bonds. The van der Waals surface area contributed by atoms with Crippen LogP contribution in [0.1, 0.15) is 92.2 Å². The molecule has 41 heavy (non-hydrogen) atoms. The lowest BCUT2D eigenvalue weighted by molar-refractivity contribution is -0.123. The fourth-order valence-corrected chi connectivity index (χ4v) is 7.96. The molecule has 0 atom stereocenters. The first kappa shape index (κ1) is 28.0. The Morgan fingerprint density at radius 1 is 1.00 bits per heavy atom. The predicted octanol–water partition coefficient (Wildman–Crippen LogP) is 8.64. The van der Waals surface area contributed by atoms with E-state index in [0.29, 0.717) is 17.8 Å². The smallest absolute Gasteiger partial charge is 0.230 e. The van der Waals surface area contributed by atoms with Crippen molar-refractivity contribution in [3.05, 3.63) is 64.8 Å². The van der Waals surface area contributed by atoms with Crippen LogP contribution in [0.3, 0.4) is 0 Å². The van der Waals surface area contributed by atoms with Crippen molar-refractivity contribution in [1.82, 2.24) is 4.98 Å². The lowest BCUT2D eigenvalue weighted by Gasteiger charge is -2.36. The molecule has 1 heterocycles. The van der Waals surface area contributed by atoms with E-state index in [1.807, 2.05) is 6.20 Å². The number of ether oxygens (including phenoxy) is 1. The van der Waals surface area contributed by atoms with Crippen LogP contribution >= 0.6 is 11.3 Å². The van der Waals surface area contributed by atoms with Gasteiger partial charge in [-0.15, -0.1) is 11.3 Å². The van der Waals surface area contributed by atoms with E-state index in [2.05, 4.69) is 60.4 Å². The average molecular weight is 568 g/mol. The minimum atomic E-state index is 0.00624. The van der Waals surface area contributed by atoms with Gasteiger partial charge in [-0.05, 0) is 118 Å². The van der Waals surface area contributed by atoms with Gasteiger partial charge in [0.25, 0.3) is 0 Å². The summed E-state index contributed by atoms with van der Waals surface area (Å²) in [5.74, 6) is 3.00. The molecular formula is C35H41N3O2S. The molecule has 3 aliphatic rings. The Morgan fingerprint density at radius 2 is 1.76 bits per heavy atom. The average Bonchev–Trinajstić information content (AvgIpc) is 3.75. The highest BCUT2D eigenvalue weighted by molar-refractivity contribution is 7.15. The molecule has 6 rings (SSSR count). The zero-order valence-corrected chi connectivity index (χ0v) is 25.2. The zero-order valence-electron chi connectivity index (χ0n) is 24.4. The Labute approximate surface area is 248 Å². The van der Waals surface area contributed by atoms with Crippen LogP contribution in [-0.2, 0) is 4.79 Å². The maximum atomic E-state index is 14.1. The first-order valence-corrected chi connectivity index (χ1v) is 16.3. The molecular weight excluding hydrogens is 526 g/mol. The van der Waals surface area contributed by atoms with Crippen LogP contribution in [0.4, 0.5) is 5.69 Å². The quantitative estimate of drug-likeness (QED) is 0.273. The molecule has 0 aliphatic heterocycles. The van der Waals surface area contributed by atoms with Gasteiger partial charge in [-0.2, -0.15) is 5.26 Å². The second-order valence-electron chi connectivity index (χ2n) is 12.5. The second kappa shape index (κ2) is 12.4. The number of nitrogens with zero attached hydrogens (tertiary/aromatic N) is 3. The molecule has 6 heteroatoms. The van der Waals surface area contributed by atoms with E-state index >= 15 is 0 Å². The number of aromatic nitrogens is 1. The van der Waals surface area contributed by atoms with Gasteiger partial charge in [0.2, 0.25) is 5.91 Å². The van der Waals surface area contributed by atoms with Crippen molar-refractivity contribution in [2.24, 2.45) is 17.8 Å². The molecule has 3 saturated carbocycles. The van der Waals surface area contributed by atoms with E-state index in [1.165, 1.54) is 33.9 Å². The summed E-state index contributed by atoms with van der Waals surface area (Å²) < 4.78 is 5.47. The summed E-state index contributed by atoms with van der Waals surface area (Å²) in [6.45, 7) is 2.89. The fraction of sp³-hybridized carbons (Fsp3) is 0.514. The lowest BCUT2D eigenvalue weighted by Crippen LogP contribution is -2.41. The standard InChI is InChI=1S/C35H41N3O2S/c1-23-18-29(16-17-32(23)40-2)26-10-8-25(9-11-26)22-38(35(39)28-12-6-24(20-36)7-13-28)31-5-3-4-30(19-31)33-21-37-34(41-33)27-14-15-27/h3-5,16-19,21,24-28H,6-15,22H2,1-2H3. The van der Waals surface area contributed by atoms with Crippen LogP contribution in [0.15, 0.2) is 48.7 Å². The molecule has 0 radical (unpaired) electrons. The number of amides is 1. The fourth-order valence-electron chi connectivity index (χ4n) is 6.87. The number of aryl methyl sites for hydroxylation is 1. The first-order chi connectivity index (χ1) is 20.0. The molecule has 3 fully saturated rings. The van der Waals surface area contributed by atoms with Crippen molar-refractivity contribution >= 4 is 22.9 Å². The molecule has 3 aliphatic carbocycles. The van der Waals surface area contributed by atoms with E-state index in [0.717, 1.165) is 74.9 Å². The van der Waals surface area contributed by atoms with Crippen molar-refractivity contribution in [1.29, 1.82) is 5.26 Å². The number of nitriles is 1. The predicted molar refractivity (Wildman–Crippen MR) is 165 cm³/mol. The van der Waals surface area contributed by atoms with Gasteiger partial charge in [-0.25, -0.2) is 4.98 Å². The third-order valence-electron chi connectivity index (χ3n) is 9.60. The normalized spacial score (nSPS) is 24.4. The van der Waals surface area contributed by atoms with E-state index in [4.69, 9.17) is 9.72 Å². The van der Waals surface area contributed by atoms with Gasteiger partial charge in [0, 0.05) is 36.2 Å². The summed E-state index contributed by atoms with van der Waals surface area (Å²) in [5.41, 5.74) is 4.76. The number of rotatable bonds is 8. The SMILES string of the molecule is COc1ccc(C2CCC(CN(C(=O)C3CCC(C#N)CC3)c3cccc(-c4cnc(C5CC5)s4)c3)CC2)cc1C. The largest absolute Gasteiger partial charge is 0.496 e. The number of carbonyl (C=O) groups excluding carboxylic acids is 1. The summed E-state index contributed by atoms with van der Waals surface area (Å²) >= 11 is 1.80. The van der Waals surface area contributed by atoms with Crippen molar-refractivity contribution in [3.8, 4) is 22.3 Å². The molecule has 214 valence electrons. The number of thiazole rings is 1. The first-order valence-electron chi connectivity index (χ1n) is 15.4. The monoisotopic (exact) mass is 567 g/mol. The van der Waals surface area contributed by atoms with Gasteiger partial charge in [-0.3, -0.25) is 4.79 Å². The maximum absolute atomic E-state index is 14.1. The van der Waals surface area contributed by atoms with E-state index in [1.54, 1.807) is 18.4 Å². The number of methoxy groups -OCH3 is 1. The molecule has 3 aromatic rings. The topological polar surface area (TPSA) is 66.2 Å². The molecule has 5 nitrogen and oxygen atoms in total. The van der Waals surface area contributed by atoms with E-state index < -0.39 is 0 Å². The van der Waals surface area contributed by atoms with Crippen molar-refractivity contribution in [3.63, 3.8) is 0 Å². The van der Waals surface area contributed by atoms with Crippen molar-refractivity contribution in [2.75, 3.05) is 18.6 Å². The summed E-state index contributed by atoms with van der Waals surface area (Å²) in [5, 5.41) is 10.6. The molecule has 0 spiro atoms. The number of carbonyl (C=O) groups is 1. The lowest BCUT2D eigenvalue weighted by atomic mass is 9.77. The highest BCUT2D eigenvalue weighted by atomic mass is 32.1. The van der Waals surface area contributed by atoms with Crippen LogP contribution in [0, 0.1) is 36.0 Å². The summed E-state index contributed by atoms with van der Waals surface area (Å²) in [7, 11) is 1.73. The minimum absolute atomic E-state index is 0.00624. The summed E-state index contributed by atoms with van der Waals surface area (Å²) in [6.07, 6.45) is 12.4. The van der Waals surface area contributed by atoms with Crippen molar-refractivity contribution in [2.45, 2.75) is 83.0 Å². The second-order valence-corrected chi connectivity index (χ2v) is 13.5. The Kier molecular flexibility index (Phi) is 8.44. The van der Waals surface area contributed by atoms with Gasteiger partial charge < -0.3 is 9.64 Å². The Morgan fingerprint density at radius 3 is 2.44 bits per heavy atom. The molecule has 1 aromatic heterocycles. The third kappa shape index (κ3) is 6.36. The van der Waals surface area contributed by atoms with Crippen LogP contribution in [0.2, 0.25) is 0 Å². The minimum Gasteiger partial charge on any atom is -0.496 e. The Balaban J connectivity index is 1.19. The molecule has 0 saturated heterocycles. The van der Waals surface area contributed by atoms with Gasteiger partial charge in [0.15, 0.2) is 0 Å². The zero-order chi connectivity index (χ0) is 28.3. The van der Waals surface area contributed by atoms with Gasteiger partial charge in [0.05, 0.1) is 23.1 Å². The van der Waals surface area contributed by atoms with E-state index in [-0.39, 0.29) is 17.7 Å². The molecule has 0 N–H and O–H groups in total. The van der Waals surface area contributed by atoms with Crippen molar-refractivity contribution < 1.29 is 9.53 Å². The van der Waals surface area contributed by atoms with Gasteiger partial charge >= 0.3 is 0 Å². The number of hydrogen-bond donors (Lipinski definition) is 0. The highest BCUT2D eigenvalue weighted by Gasteiger charge is 2.33. The third-order valence-corrected chi connectivity index (χ3v) is 10.8. The Hall–Kier alpha value is -3.17. The van der Waals surface area contributed by atoms with Crippen LogP contribution in [0.25, 0.3) is 10.4 Å².